The predicted octanol–water partition coefficient (Wildman–Crippen LogP) is 5.07. The summed E-state index contributed by atoms with van der Waals surface area (Å²) in [4.78, 5) is 24.3. The molecule has 0 aliphatic heterocycles. The molecule has 0 spiro atoms. The molecule has 1 aromatic heterocycles. The Bertz CT molecular complexity index is 1210. The summed E-state index contributed by atoms with van der Waals surface area (Å²) in [5.41, 5.74) is 4.13. The zero-order valence-electron chi connectivity index (χ0n) is 15.5. The first-order valence-electron chi connectivity index (χ1n) is 8.98. The molecule has 0 aliphatic rings. The molecule has 0 unspecified atom stereocenters. The van der Waals surface area contributed by atoms with E-state index in [2.05, 4.69) is 10.5 Å². The normalized spacial score (nSPS) is 11.0. The minimum absolute atomic E-state index is 0.177. The van der Waals surface area contributed by atoms with Crippen molar-refractivity contribution in [2.45, 2.75) is 0 Å². The summed E-state index contributed by atoms with van der Waals surface area (Å²) in [5, 5.41) is 5.23. The molecule has 0 saturated heterocycles. The van der Waals surface area contributed by atoms with Gasteiger partial charge in [0.15, 0.2) is 5.76 Å². The van der Waals surface area contributed by atoms with Crippen LogP contribution in [0.5, 0.6) is 5.75 Å². The number of halogens is 1. The lowest BCUT2D eigenvalue weighted by molar-refractivity contribution is 0.0734. The van der Waals surface area contributed by atoms with Crippen LogP contribution < -0.4 is 10.2 Å². The molecule has 4 aromatic rings. The maximum Gasteiger partial charge on any atom is 0.343 e. The van der Waals surface area contributed by atoms with Crippen LogP contribution in [0.1, 0.15) is 26.5 Å². The van der Waals surface area contributed by atoms with Crippen molar-refractivity contribution in [3.05, 3.63) is 101 Å². The quantitative estimate of drug-likeness (QED) is 0.212. The third-order valence-electron chi connectivity index (χ3n) is 4.18. The number of benzene rings is 3. The molecule has 1 heterocycles. The van der Waals surface area contributed by atoms with Crippen LogP contribution >= 0.6 is 11.6 Å². The lowest BCUT2D eigenvalue weighted by atomic mass is 10.2. The first-order valence-corrected chi connectivity index (χ1v) is 9.36. The number of hydrogen-bond donors (Lipinski definition) is 1. The molecular weight excluding hydrogens is 404 g/mol. The summed E-state index contributed by atoms with van der Waals surface area (Å²) >= 11 is 5.88. The fraction of sp³-hybridized carbons (Fsp3) is 0. The van der Waals surface area contributed by atoms with E-state index in [0.717, 1.165) is 5.39 Å². The monoisotopic (exact) mass is 418 g/mol. The van der Waals surface area contributed by atoms with Crippen LogP contribution in [0.15, 0.2) is 88.4 Å². The number of nitrogens with one attached hydrogen (secondary N) is 1. The minimum Gasteiger partial charge on any atom is -0.451 e. The molecule has 0 atom stereocenters. The van der Waals surface area contributed by atoms with Crippen molar-refractivity contribution in [3.63, 3.8) is 0 Å². The van der Waals surface area contributed by atoms with Gasteiger partial charge in [-0.05, 0) is 60.2 Å². The zero-order chi connectivity index (χ0) is 20.9. The van der Waals surface area contributed by atoms with Crippen LogP contribution in [-0.2, 0) is 0 Å². The summed E-state index contributed by atoms with van der Waals surface area (Å²) in [6, 6.07) is 22.2. The third kappa shape index (κ3) is 4.56. The Morgan fingerprint density at radius 2 is 1.77 bits per heavy atom. The number of rotatable bonds is 5. The lowest BCUT2D eigenvalue weighted by Crippen LogP contribution is -2.16. The van der Waals surface area contributed by atoms with Crippen molar-refractivity contribution in [2.24, 2.45) is 5.10 Å². The summed E-state index contributed by atoms with van der Waals surface area (Å²) in [6.45, 7) is 0. The van der Waals surface area contributed by atoms with Gasteiger partial charge in [-0.2, -0.15) is 5.10 Å². The van der Waals surface area contributed by atoms with Crippen LogP contribution in [0.25, 0.3) is 11.0 Å². The molecule has 6 nitrogen and oxygen atoms in total. The number of carbonyl (C=O) groups excluding carboxylic acids is 2. The van der Waals surface area contributed by atoms with Crippen LogP contribution in [0.2, 0.25) is 5.02 Å². The predicted molar refractivity (Wildman–Crippen MR) is 114 cm³/mol. The Balaban J connectivity index is 1.35. The summed E-state index contributed by atoms with van der Waals surface area (Å²) < 4.78 is 10.8. The van der Waals surface area contributed by atoms with Crippen LogP contribution in [0.3, 0.4) is 0 Å². The number of furan rings is 1. The number of nitrogens with zero attached hydrogens (tertiary/aromatic N) is 1. The maximum absolute atomic E-state index is 12.2. The molecule has 1 amide bonds. The summed E-state index contributed by atoms with van der Waals surface area (Å²) in [7, 11) is 0. The van der Waals surface area contributed by atoms with Gasteiger partial charge in [-0.3, -0.25) is 4.79 Å². The highest BCUT2D eigenvalue weighted by Gasteiger charge is 2.11. The average Bonchev–Trinajstić information content (AvgIpc) is 3.19. The number of para-hydroxylation sites is 1. The van der Waals surface area contributed by atoms with E-state index in [1.807, 2.05) is 18.2 Å². The highest BCUT2D eigenvalue weighted by molar-refractivity contribution is 6.30. The van der Waals surface area contributed by atoms with E-state index in [0.29, 0.717) is 27.5 Å². The Labute approximate surface area is 176 Å². The van der Waals surface area contributed by atoms with Gasteiger partial charge >= 0.3 is 11.9 Å². The van der Waals surface area contributed by atoms with Crippen LogP contribution in [0, 0.1) is 0 Å². The number of ether oxygens (including phenoxy) is 1. The molecule has 3 aromatic carbocycles. The molecule has 148 valence electrons. The minimum atomic E-state index is -0.503. The second-order valence-corrected chi connectivity index (χ2v) is 6.75. The topological polar surface area (TPSA) is 80.9 Å². The molecule has 4 rings (SSSR count). The molecule has 7 heteroatoms. The molecule has 0 fully saturated rings. The maximum atomic E-state index is 12.2. The van der Waals surface area contributed by atoms with Gasteiger partial charge in [0.05, 0.1) is 11.8 Å². The molecule has 0 aliphatic carbocycles. The van der Waals surface area contributed by atoms with Gasteiger partial charge in [-0.25, -0.2) is 10.2 Å². The van der Waals surface area contributed by atoms with Gasteiger partial charge in [-0.15, -0.1) is 0 Å². The number of amides is 1. The largest absolute Gasteiger partial charge is 0.451 e. The van der Waals surface area contributed by atoms with Crippen molar-refractivity contribution in [3.8, 4) is 5.75 Å². The third-order valence-corrected chi connectivity index (χ3v) is 4.42. The van der Waals surface area contributed by atoms with E-state index in [4.69, 9.17) is 20.8 Å². The Hall–Kier alpha value is -3.90. The van der Waals surface area contributed by atoms with Crippen LogP contribution in [0.4, 0.5) is 0 Å². The van der Waals surface area contributed by atoms with Crippen molar-refractivity contribution in [1.29, 1.82) is 0 Å². The van der Waals surface area contributed by atoms with Gasteiger partial charge in [0.2, 0.25) is 0 Å². The second-order valence-electron chi connectivity index (χ2n) is 6.32. The Kier molecular flexibility index (Phi) is 5.59. The smallest absolute Gasteiger partial charge is 0.343 e. The van der Waals surface area contributed by atoms with Gasteiger partial charge in [0, 0.05) is 10.4 Å². The van der Waals surface area contributed by atoms with Crippen molar-refractivity contribution in [1.82, 2.24) is 5.43 Å². The van der Waals surface area contributed by atoms with E-state index >= 15 is 0 Å². The molecule has 0 bridgehead atoms. The van der Waals surface area contributed by atoms with E-state index in [9.17, 15) is 9.59 Å². The SMILES string of the molecule is O=C(Oc1ccc(C=NNC(=O)c2cc3ccccc3o2)cc1)c1cccc(Cl)c1. The van der Waals surface area contributed by atoms with E-state index in [1.54, 1.807) is 54.6 Å². The van der Waals surface area contributed by atoms with Gasteiger partial charge in [0.1, 0.15) is 11.3 Å². The number of esters is 1. The average molecular weight is 419 g/mol. The summed E-state index contributed by atoms with van der Waals surface area (Å²) in [6.07, 6.45) is 1.48. The first-order chi connectivity index (χ1) is 14.6. The standard InChI is InChI=1S/C23H15ClN2O4/c24-18-6-3-5-17(12-18)23(28)29-19-10-8-15(9-11-19)14-25-26-22(27)21-13-16-4-1-2-7-20(16)30-21/h1-14H,(H,26,27). The fourth-order valence-electron chi connectivity index (χ4n) is 2.72. The van der Waals surface area contributed by atoms with Crippen LogP contribution in [-0.4, -0.2) is 18.1 Å². The van der Waals surface area contributed by atoms with E-state index in [1.165, 1.54) is 12.3 Å². The van der Waals surface area contributed by atoms with Crippen molar-refractivity contribution in [2.75, 3.05) is 0 Å². The number of hydrazone groups is 1. The lowest BCUT2D eigenvalue weighted by Gasteiger charge is -2.05. The Morgan fingerprint density at radius 1 is 0.967 bits per heavy atom. The number of fused-ring (bicyclic) bond motifs is 1. The van der Waals surface area contributed by atoms with Crippen molar-refractivity contribution < 1.29 is 18.7 Å². The van der Waals surface area contributed by atoms with Gasteiger partial charge < -0.3 is 9.15 Å². The van der Waals surface area contributed by atoms with Crippen molar-refractivity contribution >= 4 is 40.7 Å². The van der Waals surface area contributed by atoms with E-state index < -0.39 is 11.9 Å². The summed E-state index contributed by atoms with van der Waals surface area (Å²) in [5.74, 6) is -0.397. The number of carbonyl (C=O) groups is 2. The van der Waals surface area contributed by atoms with Gasteiger partial charge in [0.25, 0.3) is 0 Å². The molecule has 0 saturated carbocycles. The highest BCUT2D eigenvalue weighted by atomic mass is 35.5. The molecule has 0 radical (unpaired) electrons. The number of hydrogen-bond acceptors (Lipinski definition) is 5. The van der Waals surface area contributed by atoms with Gasteiger partial charge in [-0.1, -0.05) is 35.9 Å². The molecule has 30 heavy (non-hydrogen) atoms. The fourth-order valence-corrected chi connectivity index (χ4v) is 2.91. The first kappa shape index (κ1) is 19.4. The second kappa shape index (κ2) is 8.63. The highest BCUT2D eigenvalue weighted by Crippen LogP contribution is 2.19. The van der Waals surface area contributed by atoms with E-state index in [-0.39, 0.29) is 5.76 Å². The molecular formula is C23H15ClN2O4. The Morgan fingerprint density at radius 3 is 2.53 bits per heavy atom. The zero-order valence-corrected chi connectivity index (χ0v) is 16.3. The molecule has 1 N–H and O–H groups in total.